The molecule has 2 atom stereocenters. The summed E-state index contributed by atoms with van der Waals surface area (Å²) in [7, 11) is 0. The molecule has 3 aliphatic heterocycles. The van der Waals surface area contributed by atoms with Crippen molar-refractivity contribution in [1.29, 1.82) is 0 Å². The molecule has 122 valence electrons. The topological polar surface area (TPSA) is 52.7 Å². The summed E-state index contributed by atoms with van der Waals surface area (Å²) >= 11 is 0. The van der Waals surface area contributed by atoms with Crippen molar-refractivity contribution in [3.05, 3.63) is 23.8 Å². The van der Waals surface area contributed by atoms with Gasteiger partial charge < -0.3 is 15.1 Å². The summed E-state index contributed by atoms with van der Waals surface area (Å²) in [6.45, 7) is 3.87. The fourth-order valence-electron chi connectivity index (χ4n) is 4.13. The van der Waals surface area contributed by atoms with Gasteiger partial charge in [0.1, 0.15) is 6.04 Å². The highest BCUT2D eigenvalue weighted by Crippen LogP contribution is 2.37. The van der Waals surface area contributed by atoms with Crippen LogP contribution in [-0.4, -0.2) is 41.9 Å². The van der Waals surface area contributed by atoms with Crippen LogP contribution in [0.4, 0.5) is 11.4 Å². The highest BCUT2D eigenvalue weighted by atomic mass is 16.2. The van der Waals surface area contributed by atoms with E-state index in [-0.39, 0.29) is 17.9 Å². The standard InChI is InChI=1S/C18H23N3O2/c1-12-5-2-3-9-20(12)18(23)13-7-8-15-14(11-13)19-17(22)16-6-4-10-21(15)16/h7-8,11-12,16H,2-6,9-10H2,1H3,(H,19,22)/t12-,16-/m1/s1. The van der Waals surface area contributed by atoms with E-state index < -0.39 is 0 Å². The van der Waals surface area contributed by atoms with E-state index in [1.165, 1.54) is 6.42 Å². The van der Waals surface area contributed by atoms with Gasteiger partial charge in [0.05, 0.1) is 11.4 Å². The zero-order valence-corrected chi connectivity index (χ0v) is 13.5. The number of piperidine rings is 1. The van der Waals surface area contributed by atoms with E-state index in [2.05, 4.69) is 17.1 Å². The molecule has 2 fully saturated rings. The van der Waals surface area contributed by atoms with Crippen molar-refractivity contribution < 1.29 is 9.59 Å². The quantitative estimate of drug-likeness (QED) is 0.867. The average molecular weight is 313 g/mol. The molecule has 3 heterocycles. The molecule has 0 aliphatic carbocycles. The van der Waals surface area contributed by atoms with Crippen LogP contribution in [0.25, 0.3) is 0 Å². The first-order valence-corrected chi connectivity index (χ1v) is 8.67. The zero-order valence-electron chi connectivity index (χ0n) is 13.5. The van der Waals surface area contributed by atoms with Crippen LogP contribution in [0.1, 0.15) is 49.4 Å². The number of nitrogens with zero attached hydrogens (tertiary/aromatic N) is 2. The first-order valence-electron chi connectivity index (χ1n) is 8.67. The van der Waals surface area contributed by atoms with Gasteiger partial charge in [-0.2, -0.15) is 0 Å². The van der Waals surface area contributed by atoms with Crippen molar-refractivity contribution in [2.45, 2.75) is 51.1 Å². The van der Waals surface area contributed by atoms with Crippen molar-refractivity contribution >= 4 is 23.2 Å². The van der Waals surface area contributed by atoms with Crippen LogP contribution in [0.3, 0.4) is 0 Å². The zero-order chi connectivity index (χ0) is 16.0. The second-order valence-corrected chi connectivity index (χ2v) is 6.92. The van der Waals surface area contributed by atoms with Gasteiger partial charge in [-0.15, -0.1) is 0 Å². The molecule has 0 bridgehead atoms. The maximum absolute atomic E-state index is 12.8. The lowest BCUT2D eigenvalue weighted by Crippen LogP contribution is -2.44. The van der Waals surface area contributed by atoms with Crippen molar-refractivity contribution in [2.75, 3.05) is 23.3 Å². The summed E-state index contributed by atoms with van der Waals surface area (Å²) in [5.41, 5.74) is 2.51. The molecular weight excluding hydrogens is 290 g/mol. The number of fused-ring (bicyclic) bond motifs is 3. The maximum Gasteiger partial charge on any atom is 0.254 e. The van der Waals surface area contributed by atoms with E-state index in [4.69, 9.17) is 0 Å². The number of amides is 2. The molecule has 4 rings (SSSR count). The Morgan fingerprint density at radius 1 is 1.17 bits per heavy atom. The third-order valence-corrected chi connectivity index (χ3v) is 5.43. The number of nitrogens with one attached hydrogen (secondary N) is 1. The van der Waals surface area contributed by atoms with Gasteiger partial charge in [0.2, 0.25) is 5.91 Å². The minimum Gasteiger partial charge on any atom is -0.358 e. The van der Waals surface area contributed by atoms with E-state index in [1.54, 1.807) is 0 Å². The number of anilines is 2. The SMILES string of the molecule is C[C@@H]1CCCCN1C(=O)c1ccc2c(c1)NC(=O)[C@H]1CCCN21. The molecule has 1 aromatic carbocycles. The van der Waals surface area contributed by atoms with Crippen LogP contribution in [-0.2, 0) is 4.79 Å². The van der Waals surface area contributed by atoms with Gasteiger partial charge in [0.25, 0.3) is 5.91 Å². The van der Waals surface area contributed by atoms with E-state index >= 15 is 0 Å². The Morgan fingerprint density at radius 2 is 2.04 bits per heavy atom. The number of carbonyl (C=O) groups excluding carboxylic acids is 2. The maximum atomic E-state index is 12.8. The summed E-state index contributed by atoms with van der Waals surface area (Å²) in [6, 6.07) is 6.02. The lowest BCUT2D eigenvalue weighted by molar-refractivity contribution is -0.117. The first kappa shape index (κ1) is 14.5. The molecule has 0 unspecified atom stereocenters. The van der Waals surface area contributed by atoms with Crippen molar-refractivity contribution in [3.63, 3.8) is 0 Å². The van der Waals surface area contributed by atoms with Gasteiger partial charge in [-0.05, 0) is 57.2 Å². The van der Waals surface area contributed by atoms with Gasteiger partial charge in [0.15, 0.2) is 0 Å². The highest BCUT2D eigenvalue weighted by molar-refractivity contribution is 6.06. The number of benzene rings is 1. The Morgan fingerprint density at radius 3 is 2.87 bits per heavy atom. The molecule has 5 nitrogen and oxygen atoms in total. The van der Waals surface area contributed by atoms with Crippen LogP contribution in [0.5, 0.6) is 0 Å². The van der Waals surface area contributed by atoms with Crippen LogP contribution in [0, 0.1) is 0 Å². The number of likely N-dealkylation sites (tertiary alicyclic amines) is 1. The highest BCUT2D eigenvalue weighted by Gasteiger charge is 2.36. The Bertz CT molecular complexity index is 658. The molecule has 3 aliphatic rings. The Labute approximate surface area is 136 Å². The minimum absolute atomic E-state index is 0.0360. The molecule has 0 radical (unpaired) electrons. The van der Waals surface area contributed by atoms with Crippen LogP contribution in [0.15, 0.2) is 18.2 Å². The number of carbonyl (C=O) groups is 2. The molecule has 1 aromatic rings. The van der Waals surface area contributed by atoms with Crippen LogP contribution >= 0.6 is 0 Å². The normalized spacial score (nSPS) is 26.6. The molecule has 0 aromatic heterocycles. The van der Waals surface area contributed by atoms with E-state index in [9.17, 15) is 9.59 Å². The Kier molecular flexibility index (Phi) is 3.51. The average Bonchev–Trinajstić information content (AvgIpc) is 3.05. The summed E-state index contributed by atoms with van der Waals surface area (Å²) in [6.07, 6.45) is 5.30. The van der Waals surface area contributed by atoms with E-state index in [0.717, 1.165) is 50.1 Å². The fourth-order valence-corrected chi connectivity index (χ4v) is 4.13. The van der Waals surface area contributed by atoms with E-state index in [0.29, 0.717) is 11.6 Å². The molecule has 5 heteroatoms. The second-order valence-electron chi connectivity index (χ2n) is 6.92. The van der Waals surface area contributed by atoms with Crippen molar-refractivity contribution in [2.24, 2.45) is 0 Å². The summed E-state index contributed by atoms with van der Waals surface area (Å²) in [5.74, 6) is 0.142. The van der Waals surface area contributed by atoms with Crippen molar-refractivity contribution in [3.8, 4) is 0 Å². The number of hydrogen-bond donors (Lipinski definition) is 1. The second kappa shape index (κ2) is 5.55. The lowest BCUT2D eigenvalue weighted by Gasteiger charge is -2.35. The lowest BCUT2D eigenvalue weighted by atomic mass is 10.0. The monoisotopic (exact) mass is 313 g/mol. The molecular formula is C18H23N3O2. The number of hydrogen-bond acceptors (Lipinski definition) is 3. The van der Waals surface area contributed by atoms with Gasteiger partial charge in [-0.25, -0.2) is 0 Å². The molecule has 1 N–H and O–H groups in total. The fraction of sp³-hybridized carbons (Fsp3) is 0.556. The summed E-state index contributed by atoms with van der Waals surface area (Å²) < 4.78 is 0. The summed E-state index contributed by atoms with van der Waals surface area (Å²) in [5, 5.41) is 2.99. The van der Waals surface area contributed by atoms with Crippen LogP contribution in [0.2, 0.25) is 0 Å². The van der Waals surface area contributed by atoms with Gasteiger partial charge in [-0.1, -0.05) is 0 Å². The molecule has 23 heavy (non-hydrogen) atoms. The van der Waals surface area contributed by atoms with Crippen LogP contribution < -0.4 is 10.2 Å². The van der Waals surface area contributed by atoms with Gasteiger partial charge in [-0.3, -0.25) is 9.59 Å². The predicted octanol–water partition coefficient (Wildman–Crippen LogP) is 2.62. The largest absolute Gasteiger partial charge is 0.358 e. The smallest absolute Gasteiger partial charge is 0.254 e. The number of rotatable bonds is 1. The Hall–Kier alpha value is -2.04. The molecule has 2 amide bonds. The Balaban J connectivity index is 1.63. The van der Waals surface area contributed by atoms with Gasteiger partial charge in [0, 0.05) is 24.7 Å². The van der Waals surface area contributed by atoms with Crippen molar-refractivity contribution in [1.82, 2.24) is 4.90 Å². The first-order chi connectivity index (χ1) is 11.1. The third-order valence-electron chi connectivity index (χ3n) is 5.43. The molecule has 0 saturated carbocycles. The molecule has 0 spiro atoms. The predicted molar refractivity (Wildman–Crippen MR) is 89.8 cm³/mol. The van der Waals surface area contributed by atoms with E-state index in [1.807, 2.05) is 23.1 Å². The van der Waals surface area contributed by atoms with Gasteiger partial charge >= 0.3 is 0 Å². The summed E-state index contributed by atoms with van der Waals surface area (Å²) in [4.78, 5) is 29.2. The third kappa shape index (κ3) is 2.38. The molecule has 2 saturated heterocycles. The minimum atomic E-state index is -0.0360.